The number of unbranched alkanes of at least 4 members (excludes halogenated alkanes) is 3. The van der Waals surface area contributed by atoms with Crippen LogP contribution in [-0.2, 0) is 6.54 Å². The van der Waals surface area contributed by atoms with E-state index in [0.717, 1.165) is 6.54 Å². The molecule has 0 aliphatic carbocycles. The van der Waals surface area contributed by atoms with E-state index in [1.165, 1.54) is 25.7 Å². The van der Waals surface area contributed by atoms with Gasteiger partial charge in [0.05, 0.1) is 6.54 Å². The topological polar surface area (TPSA) is 19.7 Å². The van der Waals surface area contributed by atoms with E-state index >= 15 is 0 Å². The average molecular weight is 298 g/mol. The summed E-state index contributed by atoms with van der Waals surface area (Å²) < 4.78 is 61.4. The van der Waals surface area contributed by atoms with Crippen LogP contribution in [0.4, 0.5) is 25.2 Å². The van der Waals surface area contributed by atoms with Gasteiger partial charge in [-0.2, -0.15) is 0 Å². The number of aryl methyl sites for hydroxylation is 1. The van der Waals surface area contributed by atoms with Crippen LogP contribution in [0.5, 0.6) is 0 Å². The Morgan fingerprint density at radius 1 is 1.00 bits per heavy atom. The van der Waals surface area contributed by atoms with Crippen molar-refractivity contribution in [3.63, 3.8) is 0 Å². The first-order valence-electron chi connectivity index (χ1n) is 5.46. The van der Waals surface area contributed by atoms with Gasteiger partial charge in [-0.1, -0.05) is 19.8 Å². The van der Waals surface area contributed by atoms with Gasteiger partial charge in [-0.05, 0) is 12.8 Å². The zero-order valence-corrected chi connectivity index (χ0v) is 10.8. The first-order valence-corrected chi connectivity index (χ1v) is 7.49. The van der Waals surface area contributed by atoms with Crippen molar-refractivity contribution in [1.29, 1.82) is 0 Å². The number of aromatic nitrogens is 2. The molecule has 0 aromatic carbocycles. The molecule has 0 atom stereocenters. The molecule has 0 fully saturated rings. The van der Waals surface area contributed by atoms with E-state index in [4.69, 9.17) is 0 Å². The second-order valence-corrected chi connectivity index (χ2v) is 5.78. The summed E-state index contributed by atoms with van der Waals surface area (Å²) in [4.78, 5) is 3.03. The second kappa shape index (κ2) is 5.47. The van der Waals surface area contributed by atoms with Crippen LogP contribution < -0.4 is 4.57 Å². The molecule has 1 heterocycles. The van der Waals surface area contributed by atoms with E-state index < -0.39 is 7.81 Å². The molecule has 1 rings (SSSR count). The van der Waals surface area contributed by atoms with Crippen molar-refractivity contribution in [3.8, 4) is 0 Å². The zero-order valence-electron chi connectivity index (χ0n) is 9.93. The number of nitrogens with one attached hydrogen (secondary N) is 1. The monoisotopic (exact) mass is 298 g/mol. The van der Waals surface area contributed by atoms with Gasteiger partial charge < -0.3 is 0 Å². The molecule has 0 aliphatic rings. The fraction of sp³-hybridized carbons (Fsp3) is 0.667. The Hall–Kier alpha value is -0.780. The van der Waals surface area contributed by atoms with Crippen LogP contribution in [0, 0.1) is 0 Å². The van der Waals surface area contributed by atoms with E-state index in [-0.39, 0.29) is 0 Å². The van der Waals surface area contributed by atoms with Gasteiger partial charge in [0.25, 0.3) is 0 Å². The Kier molecular flexibility index (Phi) is 5.23. The van der Waals surface area contributed by atoms with E-state index in [2.05, 4.69) is 22.7 Å². The number of imidazole rings is 1. The van der Waals surface area contributed by atoms with Gasteiger partial charge in [0.15, 0.2) is 0 Å². The molecule has 0 bridgehead atoms. The first-order chi connectivity index (χ1) is 7.88. The minimum absolute atomic E-state index is 1.16. The number of hydrogen-bond acceptors (Lipinski definition) is 0. The molecule has 110 valence electrons. The summed E-state index contributed by atoms with van der Waals surface area (Å²) in [5, 5.41) is 0. The number of halogens is 6. The zero-order chi connectivity index (χ0) is 14.3. The molecule has 0 amide bonds. The summed E-state index contributed by atoms with van der Waals surface area (Å²) in [5.41, 5.74) is 0. The predicted molar refractivity (Wildman–Crippen MR) is 58.7 cm³/mol. The van der Waals surface area contributed by atoms with Gasteiger partial charge in [0.1, 0.15) is 12.4 Å². The Balaban J connectivity index is 0.000000360. The number of aromatic amines is 1. The molecule has 0 spiro atoms. The molecular weight excluding hydrogens is 281 g/mol. The maximum absolute atomic E-state index is 10.7. The van der Waals surface area contributed by atoms with Crippen molar-refractivity contribution in [2.24, 2.45) is 0 Å². The summed E-state index contributed by atoms with van der Waals surface area (Å²) >= 11 is 0. The molecule has 0 saturated carbocycles. The van der Waals surface area contributed by atoms with Crippen LogP contribution in [0.25, 0.3) is 0 Å². The molecule has 18 heavy (non-hydrogen) atoms. The normalized spacial score (nSPS) is 15.3. The molecule has 1 aromatic heterocycles. The number of nitrogens with zero attached hydrogens (tertiary/aromatic N) is 1. The molecule has 1 aromatic rings. The standard InChI is InChI=1S/C9H16N2.F6P/c1-2-3-4-5-7-11-8-6-10-9-11;1-7(2,3,4,5)6/h6,8-9H,2-5,7H2,1H3;/q;-1/p+1. The van der Waals surface area contributed by atoms with Crippen molar-refractivity contribution in [2.45, 2.75) is 39.2 Å². The summed E-state index contributed by atoms with van der Waals surface area (Å²) in [7, 11) is -10.7. The molecule has 0 radical (unpaired) electrons. The molecule has 0 unspecified atom stereocenters. The quantitative estimate of drug-likeness (QED) is 0.331. The van der Waals surface area contributed by atoms with Crippen LogP contribution in [-0.4, -0.2) is 4.98 Å². The number of rotatable bonds is 5. The minimum atomic E-state index is -10.7. The molecule has 1 N–H and O–H groups in total. The van der Waals surface area contributed by atoms with Crippen LogP contribution in [0.1, 0.15) is 32.6 Å². The van der Waals surface area contributed by atoms with Crippen molar-refractivity contribution in [3.05, 3.63) is 18.7 Å². The van der Waals surface area contributed by atoms with Gasteiger partial charge in [-0.25, -0.2) is 4.57 Å². The molecule has 0 saturated heterocycles. The van der Waals surface area contributed by atoms with Gasteiger partial charge in [0, 0.05) is 0 Å². The molecule has 2 nitrogen and oxygen atoms in total. The van der Waals surface area contributed by atoms with Gasteiger partial charge >= 0.3 is 33.0 Å². The van der Waals surface area contributed by atoms with Gasteiger partial charge in [-0.3, -0.25) is 4.98 Å². The fourth-order valence-electron chi connectivity index (χ4n) is 1.18. The average Bonchev–Trinajstić information content (AvgIpc) is 2.59. The van der Waals surface area contributed by atoms with Crippen LogP contribution >= 0.6 is 7.81 Å². The first kappa shape index (κ1) is 17.2. The van der Waals surface area contributed by atoms with Crippen molar-refractivity contribution >= 4 is 7.81 Å². The Morgan fingerprint density at radius 2 is 1.56 bits per heavy atom. The summed E-state index contributed by atoms with van der Waals surface area (Å²) in [5.74, 6) is 0. The maximum atomic E-state index is 9.87. The van der Waals surface area contributed by atoms with Crippen molar-refractivity contribution in [2.75, 3.05) is 0 Å². The van der Waals surface area contributed by atoms with Crippen molar-refractivity contribution in [1.82, 2.24) is 4.98 Å². The Labute approximate surface area is 101 Å². The fourth-order valence-corrected chi connectivity index (χ4v) is 1.18. The molecule has 9 heteroatoms. The van der Waals surface area contributed by atoms with E-state index in [9.17, 15) is 25.2 Å². The van der Waals surface area contributed by atoms with Crippen LogP contribution in [0.15, 0.2) is 18.7 Å². The van der Waals surface area contributed by atoms with E-state index in [1.807, 2.05) is 12.5 Å². The van der Waals surface area contributed by atoms with Gasteiger partial charge in [0.2, 0.25) is 6.33 Å². The number of H-pyrrole nitrogens is 1. The third-order valence-corrected chi connectivity index (χ3v) is 1.87. The Morgan fingerprint density at radius 3 is 1.94 bits per heavy atom. The van der Waals surface area contributed by atoms with Crippen molar-refractivity contribution < 1.29 is 29.7 Å². The van der Waals surface area contributed by atoms with E-state index in [1.54, 1.807) is 0 Å². The third-order valence-electron chi connectivity index (χ3n) is 1.87. The summed E-state index contributed by atoms with van der Waals surface area (Å²) in [6, 6.07) is 0. The summed E-state index contributed by atoms with van der Waals surface area (Å²) in [6.45, 7) is 3.40. The van der Waals surface area contributed by atoms with Crippen LogP contribution in [0.2, 0.25) is 0 Å². The summed E-state index contributed by atoms with van der Waals surface area (Å²) in [6.07, 6.45) is 11.4. The van der Waals surface area contributed by atoms with Crippen LogP contribution in [0.3, 0.4) is 0 Å². The molecule has 0 aliphatic heterocycles. The van der Waals surface area contributed by atoms with E-state index in [0.29, 0.717) is 0 Å². The number of hydrogen-bond donors (Lipinski definition) is 1. The molecular formula is C9H17F6N2P. The SMILES string of the molecule is CCCCCC[n+]1cc[nH]c1.F[P-](F)(F)(F)(F)F. The second-order valence-electron chi connectivity index (χ2n) is 3.87. The Bertz CT molecular complexity index is 319. The third kappa shape index (κ3) is 20.6. The van der Waals surface area contributed by atoms with Gasteiger partial charge in [-0.15, -0.1) is 0 Å². The predicted octanol–water partition coefficient (Wildman–Crippen LogP) is 5.26.